The number of nitriles is 1. The Balaban J connectivity index is 1.62. The largest absolute Gasteiger partial charge is 0.497 e. The first-order valence-corrected chi connectivity index (χ1v) is 9.73. The predicted octanol–water partition coefficient (Wildman–Crippen LogP) is 6.49. The number of hydrogen-bond donors (Lipinski definition) is 0. The summed E-state index contributed by atoms with van der Waals surface area (Å²) in [6.07, 6.45) is 1.86. The Labute approximate surface area is 176 Å². The van der Waals surface area contributed by atoms with E-state index in [1.165, 1.54) is 10.8 Å². The van der Waals surface area contributed by atoms with Gasteiger partial charge >= 0.3 is 0 Å². The molecular weight excluding hydrogens is 370 g/mol. The average molecular weight is 391 g/mol. The third-order valence-electron chi connectivity index (χ3n) is 5.00. The van der Waals surface area contributed by atoms with E-state index in [9.17, 15) is 5.26 Å². The van der Waals surface area contributed by atoms with Crippen LogP contribution in [0.2, 0.25) is 0 Å². The Morgan fingerprint density at radius 3 is 2.40 bits per heavy atom. The van der Waals surface area contributed by atoms with Gasteiger partial charge in [-0.25, -0.2) is 0 Å². The molecule has 0 saturated carbocycles. The van der Waals surface area contributed by atoms with Crippen LogP contribution in [-0.4, -0.2) is 7.11 Å². The SMILES string of the molecule is COc1ccc(/C(C#N)=C/c2ccccc2OCc2cccc3ccccc23)cc1. The van der Waals surface area contributed by atoms with E-state index in [0.717, 1.165) is 28.2 Å². The van der Waals surface area contributed by atoms with E-state index in [1.54, 1.807) is 7.11 Å². The molecule has 0 saturated heterocycles. The molecule has 0 radical (unpaired) electrons. The number of benzene rings is 4. The molecule has 0 aromatic heterocycles. The summed E-state index contributed by atoms with van der Waals surface area (Å²) in [5.74, 6) is 1.50. The van der Waals surface area contributed by atoms with Gasteiger partial charge < -0.3 is 9.47 Å². The Morgan fingerprint density at radius 1 is 0.867 bits per heavy atom. The minimum absolute atomic E-state index is 0.455. The maximum Gasteiger partial charge on any atom is 0.127 e. The summed E-state index contributed by atoms with van der Waals surface area (Å²) in [7, 11) is 1.62. The Bertz CT molecular complexity index is 1230. The van der Waals surface area contributed by atoms with Crippen LogP contribution in [0.4, 0.5) is 0 Å². The molecule has 3 nitrogen and oxygen atoms in total. The highest BCUT2D eigenvalue weighted by Crippen LogP contribution is 2.27. The highest BCUT2D eigenvalue weighted by Gasteiger charge is 2.07. The number of nitrogens with zero attached hydrogens (tertiary/aromatic N) is 1. The van der Waals surface area contributed by atoms with Crippen LogP contribution in [0, 0.1) is 11.3 Å². The fraction of sp³-hybridized carbons (Fsp3) is 0.0741. The van der Waals surface area contributed by atoms with Crippen LogP contribution in [0.3, 0.4) is 0 Å². The fourth-order valence-electron chi connectivity index (χ4n) is 3.41. The van der Waals surface area contributed by atoms with Gasteiger partial charge in [0.1, 0.15) is 18.1 Å². The molecule has 0 atom stereocenters. The van der Waals surface area contributed by atoms with Crippen molar-refractivity contribution in [1.82, 2.24) is 0 Å². The van der Waals surface area contributed by atoms with Crippen molar-refractivity contribution < 1.29 is 9.47 Å². The average Bonchev–Trinajstić information content (AvgIpc) is 2.82. The highest BCUT2D eigenvalue weighted by atomic mass is 16.5. The number of fused-ring (bicyclic) bond motifs is 1. The maximum absolute atomic E-state index is 9.69. The van der Waals surface area contributed by atoms with Crippen molar-refractivity contribution in [2.24, 2.45) is 0 Å². The number of hydrogen-bond acceptors (Lipinski definition) is 3. The van der Waals surface area contributed by atoms with Crippen molar-refractivity contribution in [2.75, 3.05) is 7.11 Å². The van der Waals surface area contributed by atoms with E-state index in [-0.39, 0.29) is 0 Å². The van der Waals surface area contributed by atoms with Gasteiger partial charge in [-0.1, -0.05) is 60.7 Å². The lowest BCUT2D eigenvalue weighted by Crippen LogP contribution is -1.98. The molecule has 146 valence electrons. The van der Waals surface area contributed by atoms with Gasteiger partial charge in [0.2, 0.25) is 0 Å². The number of methoxy groups -OCH3 is 1. The Kier molecular flexibility index (Phi) is 5.78. The first-order chi connectivity index (χ1) is 14.8. The zero-order valence-corrected chi connectivity index (χ0v) is 16.7. The first-order valence-electron chi connectivity index (χ1n) is 9.73. The monoisotopic (exact) mass is 391 g/mol. The van der Waals surface area contributed by atoms with E-state index in [2.05, 4.69) is 30.3 Å². The molecule has 0 aliphatic rings. The van der Waals surface area contributed by atoms with Crippen molar-refractivity contribution in [3.63, 3.8) is 0 Å². The van der Waals surface area contributed by atoms with Crippen molar-refractivity contribution in [2.45, 2.75) is 6.61 Å². The van der Waals surface area contributed by atoms with Crippen LogP contribution in [-0.2, 0) is 6.61 Å². The quantitative estimate of drug-likeness (QED) is 0.279. The maximum atomic E-state index is 9.69. The fourth-order valence-corrected chi connectivity index (χ4v) is 3.41. The molecule has 0 bridgehead atoms. The molecule has 4 aromatic rings. The Morgan fingerprint density at radius 2 is 1.60 bits per heavy atom. The van der Waals surface area contributed by atoms with E-state index in [1.807, 2.05) is 72.8 Å². The smallest absolute Gasteiger partial charge is 0.127 e. The lowest BCUT2D eigenvalue weighted by molar-refractivity contribution is 0.307. The molecule has 4 aromatic carbocycles. The minimum Gasteiger partial charge on any atom is -0.497 e. The number of para-hydroxylation sites is 1. The summed E-state index contributed by atoms with van der Waals surface area (Å²) in [6.45, 7) is 0.455. The van der Waals surface area contributed by atoms with Crippen molar-refractivity contribution in [1.29, 1.82) is 5.26 Å². The normalized spacial score (nSPS) is 11.1. The van der Waals surface area contributed by atoms with E-state index < -0.39 is 0 Å². The van der Waals surface area contributed by atoms with Gasteiger partial charge in [0.15, 0.2) is 0 Å². The van der Waals surface area contributed by atoms with Gasteiger partial charge in [-0.2, -0.15) is 5.26 Å². The molecule has 0 fully saturated rings. The molecule has 30 heavy (non-hydrogen) atoms. The molecule has 0 amide bonds. The molecule has 0 heterocycles. The second-order valence-corrected chi connectivity index (χ2v) is 6.86. The zero-order chi connectivity index (χ0) is 20.8. The molecule has 4 rings (SSSR count). The van der Waals surface area contributed by atoms with Crippen LogP contribution >= 0.6 is 0 Å². The van der Waals surface area contributed by atoms with Crippen LogP contribution in [0.1, 0.15) is 16.7 Å². The molecule has 3 heteroatoms. The van der Waals surface area contributed by atoms with Gasteiger partial charge in [0, 0.05) is 5.56 Å². The highest BCUT2D eigenvalue weighted by molar-refractivity contribution is 5.90. The van der Waals surface area contributed by atoms with Gasteiger partial charge in [-0.15, -0.1) is 0 Å². The lowest BCUT2D eigenvalue weighted by atomic mass is 10.0. The summed E-state index contributed by atoms with van der Waals surface area (Å²) in [5.41, 5.74) is 3.40. The van der Waals surface area contributed by atoms with Crippen molar-refractivity contribution >= 4 is 22.4 Å². The summed E-state index contributed by atoms with van der Waals surface area (Å²) >= 11 is 0. The molecule has 0 unspecified atom stereocenters. The third kappa shape index (κ3) is 4.19. The lowest BCUT2D eigenvalue weighted by Gasteiger charge is -2.12. The van der Waals surface area contributed by atoms with Gasteiger partial charge in [-0.3, -0.25) is 0 Å². The van der Waals surface area contributed by atoms with Crippen LogP contribution in [0.15, 0.2) is 91.0 Å². The molecule has 0 N–H and O–H groups in total. The molecule has 0 aliphatic carbocycles. The topological polar surface area (TPSA) is 42.2 Å². The van der Waals surface area contributed by atoms with Crippen molar-refractivity contribution in [3.8, 4) is 17.6 Å². The van der Waals surface area contributed by atoms with Crippen molar-refractivity contribution in [3.05, 3.63) is 108 Å². The molecule has 0 spiro atoms. The molecule has 0 aliphatic heterocycles. The molecular formula is C27H21NO2. The first kappa shape index (κ1) is 19.3. The van der Waals surface area contributed by atoms with Crippen LogP contribution in [0.25, 0.3) is 22.4 Å². The minimum atomic E-state index is 0.455. The van der Waals surface area contributed by atoms with Gasteiger partial charge in [0.05, 0.1) is 18.8 Å². The second kappa shape index (κ2) is 8.98. The standard InChI is InChI=1S/C27H21NO2/c1-29-25-15-13-20(14-16-25)24(18-28)17-22-8-3-5-12-27(22)30-19-23-10-6-9-21-7-2-4-11-26(21)23/h2-17H,19H2,1H3/b24-17+. The number of ether oxygens (including phenoxy) is 2. The summed E-state index contributed by atoms with van der Waals surface area (Å²) in [6, 6.07) is 32.0. The van der Waals surface area contributed by atoms with Gasteiger partial charge in [-0.05, 0) is 58.3 Å². The second-order valence-electron chi connectivity index (χ2n) is 6.86. The van der Waals surface area contributed by atoms with E-state index in [0.29, 0.717) is 12.2 Å². The van der Waals surface area contributed by atoms with Gasteiger partial charge in [0.25, 0.3) is 0 Å². The van der Waals surface area contributed by atoms with Crippen LogP contribution < -0.4 is 9.47 Å². The predicted molar refractivity (Wildman–Crippen MR) is 121 cm³/mol. The van der Waals surface area contributed by atoms with E-state index in [4.69, 9.17) is 9.47 Å². The summed E-state index contributed by atoms with van der Waals surface area (Å²) < 4.78 is 11.4. The summed E-state index contributed by atoms with van der Waals surface area (Å²) in [4.78, 5) is 0. The number of rotatable bonds is 6. The third-order valence-corrected chi connectivity index (χ3v) is 5.00. The zero-order valence-electron chi connectivity index (χ0n) is 16.7. The van der Waals surface area contributed by atoms with Crippen LogP contribution in [0.5, 0.6) is 11.5 Å². The van der Waals surface area contributed by atoms with E-state index >= 15 is 0 Å². The Hall–Kier alpha value is -4.03. The number of allylic oxidation sites excluding steroid dienone is 1. The summed E-state index contributed by atoms with van der Waals surface area (Å²) in [5, 5.41) is 12.1.